The Morgan fingerprint density at radius 3 is 2.31 bits per heavy atom. The minimum absolute atomic E-state index is 0.162. The Morgan fingerprint density at radius 2 is 1.62 bits per heavy atom. The summed E-state index contributed by atoms with van der Waals surface area (Å²) in [5, 5.41) is 2.77. The topological polar surface area (TPSA) is 62.3 Å². The van der Waals surface area contributed by atoms with Crippen LogP contribution < -0.4 is 5.32 Å². The molecule has 26 heavy (non-hydrogen) atoms. The van der Waals surface area contributed by atoms with E-state index in [1.54, 1.807) is 30.1 Å². The van der Waals surface area contributed by atoms with E-state index >= 15 is 0 Å². The van der Waals surface area contributed by atoms with E-state index in [9.17, 15) is 9.59 Å². The lowest BCUT2D eigenvalue weighted by molar-refractivity contribution is 0.0785. The lowest BCUT2D eigenvalue weighted by atomic mass is 10.1. The van der Waals surface area contributed by atoms with E-state index in [0.29, 0.717) is 17.8 Å². The third kappa shape index (κ3) is 4.33. The molecule has 3 aromatic rings. The number of rotatable bonds is 5. The second kappa shape index (κ2) is 8.07. The summed E-state index contributed by atoms with van der Waals surface area (Å²) in [5.41, 5.74) is 2.35. The molecule has 0 aliphatic carbocycles. The van der Waals surface area contributed by atoms with Crippen molar-refractivity contribution < 1.29 is 9.59 Å². The van der Waals surface area contributed by atoms with Crippen molar-refractivity contribution in [3.63, 3.8) is 0 Å². The molecule has 1 heterocycles. The van der Waals surface area contributed by atoms with Crippen LogP contribution in [0, 0.1) is 0 Å². The van der Waals surface area contributed by atoms with Gasteiger partial charge in [-0.25, -0.2) is 0 Å². The molecule has 2 amide bonds. The summed E-state index contributed by atoms with van der Waals surface area (Å²) in [6, 6.07) is 22.0. The van der Waals surface area contributed by atoms with Crippen LogP contribution in [0.2, 0.25) is 0 Å². The molecule has 1 N–H and O–H groups in total. The van der Waals surface area contributed by atoms with Gasteiger partial charge >= 0.3 is 0 Å². The maximum absolute atomic E-state index is 12.6. The summed E-state index contributed by atoms with van der Waals surface area (Å²) in [4.78, 5) is 30.7. The molecule has 2 aromatic carbocycles. The van der Waals surface area contributed by atoms with Crippen molar-refractivity contribution in [1.82, 2.24) is 9.88 Å². The van der Waals surface area contributed by atoms with Gasteiger partial charge in [-0.15, -0.1) is 0 Å². The van der Waals surface area contributed by atoms with E-state index in [-0.39, 0.29) is 17.5 Å². The number of anilines is 1. The molecule has 0 aliphatic heterocycles. The highest BCUT2D eigenvalue weighted by atomic mass is 16.2. The second-order valence-corrected chi connectivity index (χ2v) is 5.90. The number of amides is 2. The molecular weight excluding hydrogens is 326 g/mol. The van der Waals surface area contributed by atoms with Gasteiger partial charge in [0.25, 0.3) is 11.8 Å². The number of carbonyl (C=O) groups excluding carboxylic acids is 2. The average molecular weight is 345 g/mol. The number of hydrogen-bond acceptors (Lipinski definition) is 3. The first-order valence-corrected chi connectivity index (χ1v) is 8.25. The van der Waals surface area contributed by atoms with Crippen LogP contribution >= 0.6 is 0 Å². The third-order valence-electron chi connectivity index (χ3n) is 3.88. The standard InChI is InChI=1S/C21H19N3O2/c1-24(15-16-8-4-2-5-9-16)21(26)17-12-13-22-19(14-17)20(25)23-18-10-6-3-7-11-18/h2-14H,15H2,1H3,(H,23,25). The maximum atomic E-state index is 12.6. The fourth-order valence-electron chi connectivity index (χ4n) is 2.55. The van der Waals surface area contributed by atoms with Gasteiger partial charge in [0.1, 0.15) is 5.69 Å². The lowest BCUT2D eigenvalue weighted by Gasteiger charge is -2.17. The van der Waals surface area contributed by atoms with Crippen LogP contribution in [0.25, 0.3) is 0 Å². The molecule has 0 saturated heterocycles. The molecule has 5 heteroatoms. The molecule has 5 nitrogen and oxygen atoms in total. The Labute approximate surface area is 152 Å². The number of benzene rings is 2. The molecule has 0 atom stereocenters. The molecule has 130 valence electrons. The molecule has 1 aromatic heterocycles. The molecule has 0 aliphatic rings. The van der Waals surface area contributed by atoms with Gasteiger partial charge in [-0.2, -0.15) is 0 Å². The Kier molecular flexibility index (Phi) is 5.39. The van der Waals surface area contributed by atoms with Gasteiger partial charge in [0, 0.05) is 31.0 Å². The summed E-state index contributed by atoms with van der Waals surface area (Å²) in [6.45, 7) is 0.494. The minimum Gasteiger partial charge on any atom is -0.337 e. The normalized spacial score (nSPS) is 10.2. The molecule has 0 bridgehead atoms. The number of nitrogens with one attached hydrogen (secondary N) is 1. The van der Waals surface area contributed by atoms with Crippen molar-refractivity contribution >= 4 is 17.5 Å². The van der Waals surface area contributed by atoms with Crippen LogP contribution in [-0.4, -0.2) is 28.7 Å². The molecular formula is C21H19N3O2. The Bertz CT molecular complexity index is 895. The van der Waals surface area contributed by atoms with E-state index in [1.807, 2.05) is 48.5 Å². The smallest absolute Gasteiger partial charge is 0.274 e. The number of nitrogens with zero attached hydrogens (tertiary/aromatic N) is 2. The van der Waals surface area contributed by atoms with Crippen molar-refractivity contribution in [2.24, 2.45) is 0 Å². The van der Waals surface area contributed by atoms with E-state index in [0.717, 1.165) is 5.56 Å². The fourth-order valence-corrected chi connectivity index (χ4v) is 2.55. The van der Waals surface area contributed by atoms with Crippen LogP contribution in [0.3, 0.4) is 0 Å². The highest BCUT2D eigenvalue weighted by Crippen LogP contribution is 2.11. The van der Waals surface area contributed by atoms with Crippen LogP contribution in [0.5, 0.6) is 0 Å². The predicted molar refractivity (Wildman–Crippen MR) is 101 cm³/mol. The van der Waals surface area contributed by atoms with Crippen LogP contribution in [0.4, 0.5) is 5.69 Å². The van der Waals surface area contributed by atoms with Gasteiger partial charge in [0.2, 0.25) is 0 Å². The van der Waals surface area contributed by atoms with Crippen LogP contribution in [-0.2, 0) is 6.54 Å². The molecule has 3 rings (SSSR count). The maximum Gasteiger partial charge on any atom is 0.274 e. The van der Waals surface area contributed by atoms with E-state index in [1.165, 1.54) is 12.3 Å². The van der Waals surface area contributed by atoms with Crippen molar-refractivity contribution in [3.8, 4) is 0 Å². The van der Waals surface area contributed by atoms with Gasteiger partial charge < -0.3 is 10.2 Å². The Hall–Kier alpha value is -3.47. The number of carbonyl (C=O) groups is 2. The summed E-state index contributed by atoms with van der Waals surface area (Å²) in [6.07, 6.45) is 1.48. The van der Waals surface area contributed by atoms with Crippen LogP contribution in [0.15, 0.2) is 79.0 Å². The van der Waals surface area contributed by atoms with Crippen molar-refractivity contribution in [2.75, 3.05) is 12.4 Å². The van der Waals surface area contributed by atoms with Crippen molar-refractivity contribution in [3.05, 3.63) is 95.8 Å². The summed E-state index contributed by atoms with van der Waals surface area (Å²) >= 11 is 0. The van der Waals surface area contributed by atoms with E-state index in [2.05, 4.69) is 10.3 Å². The highest BCUT2D eigenvalue weighted by Gasteiger charge is 2.15. The fraction of sp³-hybridized carbons (Fsp3) is 0.0952. The summed E-state index contributed by atoms with van der Waals surface area (Å²) in [5.74, 6) is -0.512. The zero-order chi connectivity index (χ0) is 18.4. The summed E-state index contributed by atoms with van der Waals surface area (Å²) in [7, 11) is 1.74. The molecule has 0 spiro atoms. The van der Waals surface area contributed by atoms with Gasteiger partial charge in [0.15, 0.2) is 0 Å². The predicted octanol–water partition coefficient (Wildman–Crippen LogP) is 3.61. The molecule has 0 radical (unpaired) electrons. The van der Waals surface area contributed by atoms with Gasteiger partial charge in [-0.05, 0) is 29.8 Å². The SMILES string of the molecule is CN(Cc1ccccc1)C(=O)c1ccnc(C(=O)Nc2ccccc2)c1. The first-order chi connectivity index (χ1) is 12.6. The second-order valence-electron chi connectivity index (χ2n) is 5.90. The van der Waals surface area contributed by atoms with E-state index in [4.69, 9.17) is 0 Å². The largest absolute Gasteiger partial charge is 0.337 e. The number of para-hydroxylation sites is 1. The molecule has 0 saturated carbocycles. The first kappa shape index (κ1) is 17.4. The molecule has 0 fully saturated rings. The summed E-state index contributed by atoms with van der Waals surface area (Å²) < 4.78 is 0. The van der Waals surface area contributed by atoms with Gasteiger partial charge in [-0.3, -0.25) is 14.6 Å². The quantitative estimate of drug-likeness (QED) is 0.768. The zero-order valence-corrected chi connectivity index (χ0v) is 14.4. The third-order valence-corrected chi connectivity index (χ3v) is 3.88. The minimum atomic E-state index is -0.350. The zero-order valence-electron chi connectivity index (χ0n) is 14.4. The van der Waals surface area contributed by atoms with Crippen LogP contribution in [0.1, 0.15) is 26.4 Å². The Morgan fingerprint density at radius 1 is 0.962 bits per heavy atom. The average Bonchev–Trinajstić information content (AvgIpc) is 2.69. The lowest BCUT2D eigenvalue weighted by Crippen LogP contribution is -2.26. The number of hydrogen-bond donors (Lipinski definition) is 1. The van der Waals surface area contributed by atoms with Crippen molar-refractivity contribution in [2.45, 2.75) is 6.54 Å². The van der Waals surface area contributed by atoms with Gasteiger partial charge in [-0.1, -0.05) is 48.5 Å². The highest BCUT2D eigenvalue weighted by molar-refractivity contribution is 6.04. The first-order valence-electron chi connectivity index (χ1n) is 8.25. The van der Waals surface area contributed by atoms with Crippen molar-refractivity contribution in [1.29, 1.82) is 0 Å². The monoisotopic (exact) mass is 345 g/mol. The number of aromatic nitrogens is 1. The molecule has 0 unspecified atom stereocenters. The van der Waals surface area contributed by atoms with Gasteiger partial charge in [0.05, 0.1) is 0 Å². The number of pyridine rings is 1. The van der Waals surface area contributed by atoms with E-state index < -0.39 is 0 Å². The Balaban J connectivity index is 1.71.